The molecule has 0 aromatic heterocycles. The lowest BCUT2D eigenvalue weighted by Gasteiger charge is -2.35. The van der Waals surface area contributed by atoms with Crippen molar-refractivity contribution >= 4 is 37.2 Å². The van der Waals surface area contributed by atoms with E-state index in [0.29, 0.717) is 5.69 Å². The Balaban J connectivity index is 1.63. The van der Waals surface area contributed by atoms with Crippen molar-refractivity contribution in [1.29, 1.82) is 0 Å². The SMILES string of the molecule is [B][C@H](c1ccc(-c2ccc(N(C)C)cc2)cc1)N(C(=O)C1CCCCC1)c1cccc(/C=C/C(=O)OC)c1. The molecule has 1 aliphatic carbocycles. The summed E-state index contributed by atoms with van der Waals surface area (Å²) >= 11 is 0. The number of carbonyl (C=O) groups excluding carboxylic acids is 2. The van der Waals surface area contributed by atoms with E-state index in [0.717, 1.165) is 53.6 Å². The topological polar surface area (TPSA) is 49.9 Å². The Hall–Kier alpha value is -3.80. The highest BCUT2D eigenvalue weighted by molar-refractivity contribution is 6.18. The van der Waals surface area contributed by atoms with Gasteiger partial charge in [-0.25, -0.2) is 4.79 Å². The van der Waals surface area contributed by atoms with Crippen LogP contribution in [0.5, 0.6) is 0 Å². The van der Waals surface area contributed by atoms with Crippen LogP contribution >= 0.6 is 0 Å². The third-order valence-electron chi connectivity index (χ3n) is 7.20. The van der Waals surface area contributed by atoms with E-state index in [4.69, 9.17) is 12.6 Å². The van der Waals surface area contributed by atoms with E-state index in [1.807, 2.05) is 50.5 Å². The number of hydrogen-bond donors (Lipinski definition) is 0. The maximum absolute atomic E-state index is 13.9. The maximum atomic E-state index is 13.9. The molecule has 0 unspecified atom stereocenters. The van der Waals surface area contributed by atoms with E-state index in [2.05, 4.69) is 41.3 Å². The number of rotatable bonds is 8. The second kappa shape index (κ2) is 12.6. The highest BCUT2D eigenvalue weighted by Gasteiger charge is 2.30. The second-order valence-corrected chi connectivity index (χ2v) is 10.0. The van der Waals surface area contributed by atoms with Gasteiger partial charge in [-0.2, -0.15) is 0 Å². The van der Waals surface area contributed by atoms with Gasteiger partial charge in [-0.15, -0.1) is 0 Å². The molecule has 1 fully saturated rings. The highest BCUT2D eigenvalue weighted by atomic mass is 16.5. The number of nitrogens with zero attached hydrogens (tertiary/aromatic N) is 2. The molecule has 0 N–H and O–H groups in total. The number of ether oxygens (including phenoxy) is 1. The molecule has 0 heterocycles. The first-order chi connectivity index (χ1) is 18.4. The van der Waals surface area contributed by atoms with Gasteiger partial charge in [0, 0.05) is 43.4 Å². The smallest absolute Gasteiger partial charge is 0.330 e. The summed E-state index contributed by atoms with van der Waals surface area (Å²) in [7, 11) is 12.2. The summed E-state index contributed by atoms with van der Waals surface area (Å²) in [5.41, 5.74) is 5.72. The molecule has 1 amide bonds. The highest BCUT2D eigenvalue weighted by Crippen LogP contribution is 2.33. The van der Waals surface area contributed by atoms with Gasteiger partial charge in [0.05, 0.1) is 7.11 Å². The first-order valence-electron chi connectivity index (χ1n) is 13.2. The van der Waals surface area contributed by atoms with Crippen molar-refractivity contribution in [3.05, 3.63) is 90.0 Å². The number of hydrogen-bond acceptors (Lipinski definition) is 4. The molecule has 194 valence electrons. The lowest BCUT2D eigenvalue weighted by Crippen LogP contribution is -2.40. The average Bonchev–Trinajstić information content (AvgIpc) is 2.96. The van der Waals surface area contributed by atoms with Gasteiger partial charge < -0.3 is 14.5 Å². The first-order valence-corrected chi connectivity index (χ1v) is 13.2. The van der Waals surface area contributed by atoms with E-state index in [1.165, 1.54) is 19.6 Å². The predicted molar refractivity (Wildman–Crippen MR) is 156 cm³/mol. The summed E-state index contributed by atoms with van der Waals surface area (Å²) in [5.74, 6) is -1.07. The van der Waals surface area contributed by atoms with Crippen LogP contribution in [0.4, 0.5) is 11.4 Å². The third kappa shape index (κ3) is 6.55. The number of carbonyl (C=O) groups is 2. The standard InChI is InChI=1S/C32H35BN2O3/c1-34(2)28-19-17-25(18-20-28)24-13-15-26(16-14-24)31(33)35(32(37)27-9-5-4-6-10-27)29-11-7-8-23(22-29)12-21-30(36)38-3/h7-8,11-22,27,31H,4-6,9-10H2,1-3H3/b21-12+/t31-/m0/s1. The van der Waals surface area contributed by atoms with E-state index in [1.54, 1.807) is 11.0 Å². The Morgan fingerprint density at radius 3 is 2.13 bits per heavy atom. The molecule has 0 aliphatic heterocycles. The van der Waals surface area contributed by atoms with Crippen molar-refractivity contribution in [2.24, 2.45) is 5.92 Å². The molecule has 2 radical (unpaired) electrons. The number of amides is 1. The zero-order chi connectivity index (χ0) is 27.1. The van der Waals surface area contributed by atoms with Crippen LogP contribution in [-0.2, 0) is 14.3 Å². The minimum absolute atomic E-state index is 0.0430. The van der Waals surface area contributed by atoms with E-state index in [9.17, 15) is 9.59 Å². The van der Waals surface area contributed by atoms with Gasteiger partial charge in [0.15, 0.2) is 0 Å². The zero-order valence-corrected chi connectivity index (χ0v) is 22.5. The quantitative estimate of drug-likeness (QED) is 0.202. The molecule has 3 aromatic carbocycles. The molecule has 38 heavy (non-hydrogen) atoms. The van der Waals surface area contributed by atoms with Gasteiger partial charge >= 0.3 is 5.97 Å². The molecular weight excluding hydrogens is 471 g/mol. The Bertz CT molecular complexity index is 1260. The molecule has 3 aromatic rings. The van der Waals surface area contributed by atoms with Crippen LogP contribution in [0.1, 0.15) is 49.2 Å². The number of benzene rings is 3. The summed E-state index contributed by atoms with van der Waals surface area (Å²) in [4.78, 5) is 29.3. The van der Waals surface area contributed by atoms with Crippen LogP contribution in [0.2, 0.25) is 0 Å². The lowest BCUT2D eigenvalue weighted by atomic mass is 9.82. The number of esters is 1. The molecule has 1 aliphatic rings. The van der Waals surface area contributed by atoms with E-state index >= 15 is 0 Å². The molecule has 0 spiro atoms. The van der Waals surface area contributed by atoms with Crippen LogP contribution in [0.3, 0.4) is 0 Å². The molecule has 5 nitrogen and oxygen atoms in total. The van der Waals surface area contributed by atoms with Crippen molar-refractivity contribution in [2.45, 2.75) is 38.0 Å². The van der Waals surface area contributed by atoms with Crippen molar-refractivity contribution < 1.29 is 14.3 Å². The van der Waals surface area contributed by atoms with Gasteiger partial charge in [-0.05, 0) is 65.4 Å². The fourth-order valence-corrected chi connectivity index (χ4v) is 4.96. The number of methoxy groups -OCH3 is 1. The van der Waals surface area contributed by atoms with Crippen LogP contribution < -0.4 is 9.80 Å². The largest absolute Gasteiger partial charge is 0.466 e. The maximum Gasteiger partial charge on any atom is 0.330 e. The van der Waals surface area contributed by atoms with Crippen molar-refractivity contribution in [2.75, 3.05) is 31.0 Å². The Kier molecular flexibility index (Phi) is 9.06. The Morgan fingerprint density at radius 1 is 0.895 bits per heavy atom. The zero-order valence-electron chi connectivity index (χ0n) is 22.5. The molecule has 1 atom stereocenters. The second-order valence-electron chi connectivity index (χ2n) is 10.0. The summed E-state index contributed by atoms with van der Waals surface area (Å²) in [6, 6.07) is 24.1. The predicted octanol–water partition coefficient (Wildman–Crippen LogP) is 6.39. The van der Waals surface area contributed by atoms with E-state index < -0.39 is 11.9 Å². The van der Waals surface area contributed by atoms with Gasteiger partial charge in [-0.3, -0.25) is 4.79 Å². The van der Waals surface area contributed by atoms with Crippen molar-refractivity contribution in [3.63, 3.8) is 0 Å². The Morgan fingerprint density at radius 2 is 1.53 bits per heavy atom. The minimum Gasteiger partial charge on any atom is -0.466 e. The average molecular weight is 506 g/mol. The fraction of sp³-hybridized carbons (Fsp3) is 0.312. The van der Waals surface area contributed by atoms with Crippen molar-refractivity contribution in [1.82, 2.24) is 0 Å². The number of anilines is 2. The van der Waals surface area contributed by atoms with E-state index in [-0.39, 0.29) is 11.8 Å². The molecule has 6 heteroatoms. The van der Waals surface area contributed by atoms with Crippen molar-refractivity contribution in [3.8, 4) is 11.1 Å². The van der Waals surface area contributed by atoms with Crippen LogP contribution in [0, 0.1) is 5.92 Å². The molecular formula is C32H35BN2O3. The summed E-state index contributed by atoms with van der Waals surface area (Å²) < 4.78 is 4.71. The molecule has 0 saturated heterocycles. The third-order valence-corrected chi connectivity index (χ3v) is 7.20. The molecule has 4 rings (SSSR count). The van der Waals surface area contributed by atoms with Gasteiger partial charge in [-0.1, -0.05) is 67.8 Å². The molecule has 0 bridgehead atoms. The molecule has 1 saturated carbocycles. The summed E-state index contributed by atoms with van der Waals surface area (Å²) in [6.07, 6.45) is 8.10. The van der Waals surface area contributed by atoms with Crippen LogP contribution in [-0.4, -0.2) is 40.9 Å². The van der Waals surface area contributed by atoms with Gasteiger partial charge in [0.1, 0.15) is 7.85 Å². The van der Waals surface area contributed by atoms with Crippen LogP contribution in [0.15, 0.2) is 78.9 Å². The van der Waals surface area contributed by atoms with Crippen LogP contribution in [0.25, 0.3) is 17.2 Å². The Labute approximate surface area is 227 Å². The summed E-state index contributed by atoms with van der Waals surface area (Å²) in [5, 5.41) is 0. The fourth-order valence-electron chi connectivity index (χ4n) is 4.96. The lowest BCUT2D eigenvalue weighted by molar-refractivity contribution is -0.134. The monoisotopic (exact) mass is 506 g/mol. The first kappa shape index (κ1) is 27.2. The minimum atomic E-state index is -0.644. The van der Waals surface area contributed by atoms with Gasteiger partial charge in [0.25, 0.3) is 0 Å². The van der Waals surface area contributed by atoms with Gasteiger partial charge in [0.2, 0.25) is 5.91 Å². The normalized spacial score (nSPS) is 14.7. The summed E-state index contributed by atoms with van der Waals surface area (Å²) in [6.45, 7) is 0.